The van der Waals surface area contributed by atoms with Gasteiger partial charge in [0, 0.05) is 24.2 Å². The summed E-state index contributed by atoms with van der Waals surface area (Å²) in [7, 11) is 1.22. The summed E-state index contributed by atoms with van der Waals surface area (Å²) in [6, 6.07) is 19.1. The van der Waals surface area contributed by atoms with Crippen LogP contribution < -0.4 is 21.3 Å². The third kappa shape index (κ3) is 13.9. The Morgan fingerprint density at radius 2 is 1.28 bits per heavy atom. The zero-order valence-electron chi connectivity index (χ0n) is 32.2. The number of amides is 4. The molecule has 3 aromatic rings. The molecule has 1 heterocycles. The molecule has 0 unspecified atom stereocenters. The van der Waals surface area contributed by atoms with Gasteiger partial charge in [-0.3, -0.25) is 24.2 Å². The number of carbonyl (C=O) groups excluding carboxylic acids is 4. The van der Waals surface area contributed by atoms with Gasteiger partial charge in [-0.25, -0.2) is 4.79 Å². The van der Waals surface area contributed by atoms with Crippen LogP contribution in [0.3, 0.4) is 0 Å². The van der Waals surface area contributed by atoms with E-state index in [4.69, 9.17) is 9.84 Å². The van der Waals surface area contributed by atoms with Crippen molar-refractivity contribution in [2.45, 2.75) is 104 Å². The second kappa shape index (κ2) is 19.7. The molecule has 292 valence electrons. The molecule has 0 radical (unpaired) electrons. The molecule has 0 aliphatic heterocycles. The van der Waals surface area contributed by atoms with Crippen LogP contribution in [-0.4, -0.2) is 82.4 Å². The van der Waals surface area contributed by atoms with E-state index in [0.29, 0.717) is 6.42 Å². The van der Waals surface area contributed by atoms with Crippen molar-refractivity contribution in [1.82, 2.24) is 26.3 Å². The second-order valence-electron chi connectivity index (χ2n) is 15.6. The fraction of sp³-hybridized carbons (Fsp3) is 0.463. The molecule has 0 saturated heterocycles. The van der Waals surface area contributed by atoms with E-state index in [2.05, 4.69) is 26.3 Å². The Bertz CT molecular complexity index is 1690. The highest BCUT2D eigenvalue weighted by Crippen LogP contribution is 2.24. The van der Waals surface area contributed by atoms with Crippen molar-refractivity contribution in [3.8, 4) is 11.3 Å². The van der Waals surface area contributed by atoms with Crippen molar-refractivity contribution >= 4 is 29.8 Å². The van der Waals surface area contributed by atoms with E-state index < -0.39 is 70.9 Å². The van der Waals surface area contributed by atoms with Gasteiger partial charge in [-0.1, -0.05) is 102 Å². The average molecular weight is 746 g/mol. The summed E-state index contributed by atoms with van der Waals surface area (Å²) in [5.41, 5.74) is 1.94. The van der Waals surface area contributed by atoms with E-state index in [1.807, 2.05) is 93.6 Å². The molecule has 2 aromatic carbocycles. The zero-order chi connectivity index (χ0) is 40.1. The van der Waals surface area contributed by atoms with E-state index in [9.17, 15) is 29.1 Å². The molecule has 3 rings (SSSR count). The number of ether oxygens (including phenoxy) is 1. The normalized spacial score (nSPS) is 14.4. The van der Waals surface area contributed by atoms with Gasteiger partial charge < -0.3 is 36.2 Å². The number of aromatic nitrogens is 1. The number of hydrogen-bond donors (Lipinski definition) is 6. The smallest absolute Gasteiger partial charge is 0.407 e. The van der Waals surface area contributed by atoms with Gasteiger partial charge in [-0.15, -0.1) is 0 Å². The molecule has 0 saturated carbocycles. The molecule has 0 spiro atoms. The number of aliphatic hydroxyl groups is 1. The Balaban J connectivity index is 1.95. The lowest BCUT2D eigenvalue weighted by atomic mass is 9.85. The lowest BCUT2D eigenvalue weighted by Crippen LogP contribution is -2.59. The molecule has 5 atom stereocenters. The maximum atomic E-state index is 13.9. The van der Waals surface area contributed by atoms with Crippen LogP contribution in [0.5, 0.6) is 0 Å². The van der Waals surface area contributed by atoms with Gasteiger partial charge in [0.1, 0.15) is 12.1 Å². The minimum Gasteiger partial charge on any atom is -0.481 e. The monoisotopic (exact) mass is 745 g/mol. The molecule has 0 bridgehead atoms. The van der Waals surface area contributed by atoms with Gasteiger partial charge in [-0.2, -0.15) is 0 Å². The minimum atomic E-state index is -1.20. The van der Waals surface area contributed by atoms with Gasteiger partial charge in [0.25, 0.3) is 0 Å². The number of methoxy groups -OCH3 is 1. The molecule has 0 fully saturated rings. The highest BCUT2D eigenvalue weighted by molar-refractivity contribution is 5.89. The Morgan fingerprint density at radius 3 is 1.83 bits per heavy atom. The topological polar surface area (TPSA) is 196 Å². The van der Waals surface area contributed by atoms with Gasteiger partial charge >= 0.3 is 12.1 Å². The Labute approximate surface area is 317 Å². The molecular formula is C41H55N5O8. The summed E-state index contributed by atoms with van der Waals surface area (Å²) in [5, 5.41) is 32.3. The molecule has 6 N–H and O–H groups in total. The van der Waals surface area contributed by atoms with Crippen molar-refractivity contribution in [3.05, 3.63) is 90.1 Å². The fourth-order valence-electron chi connectivity index (χ4n) is 5.96. The molecule has 4 amide bonds. The van der Waals surface area contributed by atoms with Crippen molar-refractivity contribution in [2.75, 3.05) is 7.11 Å². The quantitative estimate of drug-likeness (QED) is 0.116. The van der Waals surface area contributed by atoms with Crippen molar-refractivity contribution in [1.29, 1.82) is 0 Å². The molecule has 0 aliphatic carbocycles. The standard InChI is InChI=1S/C41H55N5O8/c1-40(2,3)35(45-33(48)20-21-34(49)50)38(52)44-31(24-26-13-9-8-10-14-26)32(47)25-29(43-37(51)36(41(4,5)6)46-39(53)54-7)23-27-16-18-28(19-17-27)30-15-11-12-22-42-30/h8-19,22,29,31-32,35-36,47H,20-21,23-25H2,1-7H3,(H,43,51)(H,44,52)(H,45,48)(H,46,53)(H,49,50)/t29-,31-,32-,35+,36+/m0/s1. The first-order valence-corrected chi connectivity index (χ1v) is 18.1. The van der Waals surface area contributed by atoms with Crippen molar-refractivity contribution in [3.63, 3.8) is 0 Å². The van der Waals surface area contributed by atoms with Crippen LogP contribution >= 0.6 is 0 Å². The first-order valence-electron chi connectivity index (χ1n) is 18.1. The van der Waals surface area contributed by atoms with Gasteiger partial charge in [0.2, 0.25) is 17.7 Å². The third-order valence-electron chi connectivity index (χ3n) is 8.93. The molecule has 54 heavy (non-hydrogen) atoms. The summed E-state index contributed by atoms with van der Waals surface area (Å²) in [6.07, 6.45) is -0.391. The van der Waals surface area contributed by atoms with E-state index in [0.717, 1.165) is 22.4 Å². The van der Waals surface area contributed by atoms with Crippen LogP contribution in [0.15, 0.2) is 79.0 Å². The third-order valence-corrected chi connectivity index (χ3v) is 8.93. The van der Waals surface area contributed by atoms with E-state index in [1.165, 1.54) is 7.11 Å². The number of aliphatic carboxylic acids is 1. The summed E-state index contributed by atoms with van der Waals surface area (Å²) >= 11 is 0. The predicted octanol–water partition coefficient (Wildman–Crippen LogP) is 4.42. The van der Waals surface area contributed by atoms with E-state index in [1.54, 1.807) is 27.0 Å². The number of alkyl carbamates (subject to hydrolysis) is 1. The van der Waals surface area contributed by atoms with Crippen LogP contribution in [0.25, 0.3) is 11.3 Å². The number of carboxylic acid groups (broad SMARTS) is 1. The number of carboxylic acids is 1. The average Bonchev–Trinajstić information content (AvgIpc) is 3.11. The Hall–Kier alpha value is -5.30. The maximum absolute atomic E-state index is 13.9. The predicted molar refractivity (Wildman–Crippen MR) is 205 cm³/mol. The van der Waals surface area contributed by atoms with E-state index in [-0.39, 0.29) is 25.7 Å². The number of carbonyl (C=O) groups is 5. The molecule has 0 aliphatic rings. The first kappa shape index (κ1) is 43.1. The van der Waals surface area contributed by atoms with Crippen molar-refractivity contribution in [2.24, 2.45) is 10.8 Å². The second-order valence-corrected chi connectivity index (χ2v) is 15.6. The summed E-state index contributed by atoms with van der Waals surface area (Å²) < 4.78 is 4.79. The number of benzene rings is 2. The van der Waals surface area contributed by atoms with E-state index >= 15 is 0 Å². The van der Waals surface area contributed by atoms with Crippen LogP contribution in [0, 0.1) is 10.8 Å². The number of nitrogens with zero attached hydrogens (tertiary/aromatic N) is 1. The summed E-state index contributed by atoms with van der Waals surface area (Å²) in [4.78, 5) is 68.2. The van der Waals surface area contributed by atoms with Crippen LogP contribution in [0.1, 0.15) is 71.9 Å². The van der Waals surface area contributed by atoms with Crippen LogP contribution in [-0.2, 0) is 36.8 Å². The molecule has 13 nitrogen and oxygen atoms in total. The maximum Gasteiger partial charge on any atom is 0.407 e. The minimum absolute atomic E-state index is 0.00571. The Kier molecular flexibility index (Phi) is 15.7. The molecule has 1 aromatic heterocycles. The van der Waals surface area contributed by atoms with Gasteiger partial charge in [-0.05, 0) is 53.4 Å². The zero-order valence-corrected chi connectivity index (χ0v) is 32.2. The largest absolute Gasteiger partial charge is 0.481 e. The van der Waals surface area contributed by atoms with Gasteiger partial charge in [0.15, 0.2) is 0 Å². The SMILES string of the molecule is COC(=O)N[C@H](C(=O)N[C@@H](Cc1ccc(-c2ccccn2)cc1)C[C@H](O)[C@H](Cc1ccccc1)NC(=O)[C@@H](NC(=O)CCC(=O)O)C(C)(C)C)C(C)(C)C. The summed E-state index contributed by atoms with van der Waals surface area (Å²) in [6.45, 7) is 10.8. The number of pyridine rings is 1. The van der Waals surface area contributed by atoms with Crippen LogP contribution in [0.4, 0.5) is 4.79 Å². The number of rotatable bonds is 17. The lowest BCUT2D eigenvalue weighted by Gasteiger charge is -2.35. The number of hydrogen-bond acceptors (Lipinski definition) is 8. The van der Waals surface area contributed by atoms with Crippen LogP contribution in [0.2, 0.25) is 0 Å². The van der Waals surface area contributed by atoms with Crippen molar-refractivity contribution < 1.29 is 38.9 Å². The van der Waals surface area contributed by atoms with Gasteiger partial charge in [0.05, 0.1) is 31.4 Å². The first-order chi connectivity index (χ1) is 25.4. The fourth-order valence-corrected chi connectivity index (χ4v) is 5.96. The highest BCUT2D eigenvalue weighted by Gasteiger charge is 2.37. The highest BCUT2D eigenvalue weighted by atomic mass is 16.5. The molecular weight excluding hydrogens is 690 g/mol. The summed E-state index contributed by atoms with van der Waals surface area (Å²) in [5.74, 6) is -2.74. The molecule has 13 heteroatoms. The lowest BCUT2D eigenvalue weighted by molar-refractivity contribution is -0.139. The number of nitrogens with one attached hydrogen (secondary N) is 4. The Morgan fingerprint density at radius 1 is 0.704 bits per heavy atom. The number of aliphatic hydroxyl groups excluding tert-OH is 1.